The molecule has 1 N–H and O–H groups in total. The third-order valence-corrected chi connectivity index (χ3v) is 5.96. The second-order valence-electron chi connectivity index (χ2n) is 7.17. The zero-order valence-electron chi connectivity index (χ0n) is 14.9. The van der Waals surface area contributed by atoms with Crippen LogP contribution in [-0.2, 0) is 11.6 Å². The second-order valence-corrected chi connectivity index (χ2v) is 8.49. The average molecular weight is 432 g/mol. The van der Waals surface area contributed by atoms with Crippen LogP contribution in [0.4, 0.5) is 13.2 Å². The molecule has 1 unspecified atom stereocenters. The Hall–Kier alpha value is -1.86. The minimum absolute atomic E-state index is 0.317. The molecule has 1 aromatic heterocycles. The Kier molecular flexibility index (Phi) is 5.60. The summed E-state index contributed by atoms with van der Waals surface area (Å²) in [5, 5.41) is 2.60. The first-order valence-electron chi connectivity index (χ1n) is 8.68. The number of aromatic nitrogens is 2. The summed E-state index contributed by atoms with van der Waals surface area (Å²) in [6.45, 7) is 1.70. The first-order chi connectivity index (χ1) is 13.0. The van der Waals surface area contributed by atoms with Crippen LogP contribution in [0.25, 0.3) is 0 Å². The Morgan fingerprint density at radius 2 is 1.71 bits per heavy atom. The Balaban J connectivity index is 1.92. The molecular formula is C19H18Cl2F3N3O. The van der Waals surface area contributed by atoms with Crippen LogP contribution in [0.2, 0.25) is 0 Å². The van der Waals surface area contributed by atoms with E-state index in [9.17, 15) is 18.0 Å². The fourth-order valence-electron chi connectivity index (χ4n) is 3.03. The molecule has 1 aliphatic rings. The molecule has 1 heterocycles. The third kappa shape index (κ3) is 4.41. The molecule has 0 aliphatic heterocycles. The molecule has 0 spiro atoms. The number of benzene rings is 1. The molecule has 28 heavy (non-hydrogen) atoms. The lowest BCUT2D eigenvalue weighted by atomic mass is 9.78. The summed E-state index contributed by atoms with van der Waals surface area (Å²) in [6.07, 6.45) is -0.0876. The van der Waals surface area contributed by atoms with Crippen molar-refractivity contribution < 1.29 is 18.0 Å². The van der Waals surface area contributed by atoms with Crippen molar-refractivity contribution in [2.24, 2.45) is 5.92 Å². The van der Waals surface area contributed by atoms with E-state index in [0.29, 0.717) is 23.5 Å². The second kappa shape index (κ2) is 7.52. The Bertz CT molecular complexity index is 840. The van der Waals surface area contributed by atoms with E-state index in [1.807, 2.05) is 0 Å². The van der Waals surface area contributed by atoms with Gasteiger partial charge in [0, 0.05) is 23.4 Å². The van der Waals surface area contributed by atoms with E-state index in [2.05, 4.69) is 15.3 Å². The first-order valence-corrected chi connectivity index (χ1v) is 9.43. The van der Waals surface area contributed by atoms with Gasteiger partial charge in [-0.3, -0.25) is 4.79 Å². The van der Waals surface area contributed by atoms with E-state index >= 15 is 0 Å². The summed E-state index contributed by atoms with van der Waals surface area (Å²) < 4.78 is 36.6. The van der Waals surface area contributed by atoms with E-state index in [1.54, 1.807) is 37.3 Å². The number of hydrogen-bond acceptors (Lipinski definition) is 3. The highest BCUT2D eigenvalue weighted by Crippen LogP contribution is 2.50. The van der Waals surface area contributed by atoms with Crippen LogP contribution in [0.15, 0.2) is 42.7 Å². The topological polar surface area (TPSA) is 54.9 Å². The number of halogens is 5. The smallest absolute Gasteiger partial charge is 0.320 e. The highest BCUT2D eigenvalue weighted by molar-refractivity contribution is 6.50. The molecule has 1 aromatic carbocycles. The molecule has 1 amide bonds. The van der Waals surface area contributed by atoms with Gasteiger partial charge < -0.3 is 5.32 Å². The SMILES string of the molecule is CC(CC1CC1)(c1cnc(C(F)(F)F)nc1)C(Cl)(Cl)NC(=O)c1ccccc1. The van der Waals surface area contributed by atoms with Gasteiger partial charge in [0.1, 0.15) is 0 Å². The van der Waals surface area contributed by atoms with Crippen LogP contribution in [0.5, 0.6) is 0 Å². The number of alkyl halides is 5. The lowest BCUT2D eigenvalue weighted by Gasteiger charge is -2.41. The zero-order valence-corrected chi connectivity index (χ0v) is 16.4. The van der Waals surface area contributed by atoms with Gasteiger partial charge in [-0.15, -0.1) is 0 Å². The van der Waals surface area contributed by atoms with Crippen LogP contribution in [-0.4, -0.2) is 20.3 Å². The van der Waals surface area contributed by atoms with E-state index in [-0.39, 0.29) is 0 Å². The van der Waals surface area contributed by atoms with Crippen LogP contribution in [0, 0.1) is 5.92 Å². The van der Waals surface area contributed by atoms with Crippen molar-refractivity contribution in [2.45, 2.75) is 42.2 Å². The summed E-state index contributed by atoms with van der Waals surface area (Å²) in [6, 6.07) is 8.39. The normalized spacial score (nSPS) is 17.1. The van der Waals surface area contributed by atoms with Crippen molar-refractivity contribution in [1.82, 2.24) is 15.3 Å². The van der Waals surface area contributed by atoms with Crippen LogP contribution < -0.4 is 5.32 Å². The van der Waals surface area contributed by atoms with Gasteiger partial charge in [0.25, 0.3) is 5.91 Å². The van der Waals surface area contributed by atoms with Crippen molar-refractivity contribution in [3.63, 3.8) is 0 Å². The predicted molar refractivity (Wildman–Crippen MR) is 100 cm³/mol. The molecule has 2 aromatic rings. The van der Waals surface area contributed by atoms with Crippen LogP contribution >= 0.6 is 23.2 Å². The molecule has 1 aliphatic carbocycles. The van der Waals surface area contributed by atoms with Gasteiger partial charge in [0.05, 0.1) is 0 Å². The number of amides is 1. The molecule has 0 saturated heterocycles. The molecule has 0 bridgehead atoms. The quantitative estimate of drug-likeness (QED) is 0.510. The molecule has 1 saturated carbocycles. The highest BCUT2D eigenvalue weighted by Gasteiger charge is 2.51. The first kappa shape index (κ1) is 20.9. The largest absolute Gasteiger partial charge is 0.451 e. The van der Waals surface area contributed by atoms with Crippen LogP contribution in [0.3, 0.4) is 0 Å². The minimum atomic E-state index is -4.65. The van der Waals surface area contributed by atoms with Gasteiger partial charge >= 0.3 is 6.18 Å². The summed E-state index contributed by atoms with van der Waals surface area (Å²) in [5.41, 5.74) is -0.400. The van der Waals surface area contributed by atoms with E-state index in [1.165, 1.54) is 0 Å². The van der Waals surface area contributed by atoms with Crippen molar-refractivity contribution >= 4 is 29.1 Å². The standard InChI is InChI=1S/C19H18Cl2F3N3O/c1-17(9-12-7-8-12,14-10-25-16(26-11-14)18(22,23)24)19(20,21)27-15(28)13-5-3-2-4-6-13/h2-6,10-12H,7-9H2,1H3,(H,27,28). The van der Waals surface area contributed by atoms with E-state index < -0.39 is 27.8 Å². The maximum Gasteiger partial charge on any atom is 0.451 e. The average Bonchev–Trinajstić information content (AvgIpc) is 3.45. The van der Waals surface area contributed by atoms with Gasteiger partial charge in [-0.05, 0) is 30.0 Å². The van der Waals surface area contributed by atoms with Crippen molar-refractivity contribution in [3.8, 4) is 0 Å². The number of nitrogens with one attached hydrogen (secondary N) is 1. The molecule has 150 valence electrons. The summed E-state index contributed by atoms with van der Waals surface area (Å²) in [7, 11) is 0. The Morgan fingerprint density at radius 1 is 1.14 bits per heavy atom. The third-order valence-electron chi connectivity index (χ3n) is 4.94. The molecule has 3 rings (SSSR count). The predicted octanol–water partition coefficient (Wildman–Crippen LogP) is 5.11. The molecule has 4 nitrogen and oxygen atoms in total. The van der Waals surface area contributed by atoms with Crippen LogP contribution in [0.1, 0.15) is 47.9 Å². The monoisotopic (exact) mass is 431 g/mol. The molecule has 1 atom stereocenters. The molecular weight excluding hydrogens is 414 g/mol. The van der Waals surface area contributed by atoms with Crippen molar-refractivity contribution in [3.05, 3.63) is 59.7 Å². The van der Waals surface area contributed by atoms with Gasteiger partial charge in [0.2, 0.25) is 5.82 Å². The number of hydrogen-bond donors (Lipinski definition) is 1. The number of rotatable bonds is 6. The fourth-order valence-corrected chi connectivity index (χ4v) is 3.57. The minimum Gasteiger partial charge on any atom is -0.320 e. The maximum atomic E-state index is 12.8. The molecule has 9 heteroatoms. The fraction of sp³-hybridized carbons (Fsp3) is 0.421. The highest BCUT2D eigenvalue weighted by atomic mass is 35.5. The number of carbonyl (C=O) groups is 1. The lowest BCUT2D eigenvalue weighted by molar-refractivity contribution is -0.145. The Labute approximate surface area is 170 Å². The van der Waals surface area contributed by atoms with Gasteiger partial charge in [-0.2, -0.15) is 13.2 Å². The number of carbonyl (C=O) groups excluding carboxylic acids is 1. The van der Waals surface area contributed by atoms with Gasteiger partial charge in [-0.25, -0.2) is 9.97 Å². The number of nitrogens with zero attached hydrogens (tertiary/aromatic N) is 2. The Morgan fingerprint density at radius 3 is 2.21 bits per heavy atom. The summed E-state index contributed by atoms with van der Waals surface area (Å²) in [4.78, 5) is 19.4. The molecule has 1 fully saturated rings. The van der Waals surface area contributed by atoms with Crippen molar-refractivity contribution in [2.75, 3.05) is 0 Å². The summed E-state index contributed by atoms with van der Waals surface area (Å²) >= 11 is 13.2. The van der Waals surface area contributed by atoms with Crippen molar-refractivity contribution in [1.29, 1.82) is 0 Å². The maximum absolute atomic E-state index is 12.8. The van der Waals surface area contributed by atoms with E-state index in [0.717, 1.165) is 25.2 Å². The van der Waals surface area contributed by atoms with Gasteiger partial charge in [-0.1, -0.05) is 61.2 Å². The lowest BCUT2D eigenvalue weighted by Crippen LogP contribution is -2.54. The summed E-state index contributed by atoms with van der Waals surface area (Å²) in [5.74, 6) is -1.41. The van der Waals surface area contributed by atoms with E-state index in [4.69, 9.17) is 23.2 Å². The van der Waals surface area contributed by atoms with Gasteiger partial charge in [0.15, 0.2) is 4.46 Å². The zero-order chi connectivity index (χ0) is 20.6. The molecule has 0 radical (unpaired) electrons.